The molecule has 0 spiro atoms. The number of aromatic nitrogens is 3. The van der Waals surface area contributed by atoms with E-state index in [0.717, 1.165) is 12.1 Å². The number of H-pyrrole nitrogens is 1. The number of nitrogens with zero attached hydrogens (tertiary/aromatic N) is 2. The number of ether oxygens (including phenoxy) is 1. The van der Waals surface area contributed by atoms with E-state index in [1.807, 2.05) is 0 Å². The Morgan fingerprint density at radius 2 is 2.00 bits per heavy atom. The van der Waals surface area contributed by atoms with Crippen LogP contribution in [0.15, 0.2) is 30.6 Å². The van der Waals surface area contributed by atoms with Gasteiger partial charge in [0.1, 0.15) is 11.6 Å². The minimum absolute atomic E-state index is 0.354. The van der Waals surface area contributed by atoms with E-state index in [-0.39, 0.29) is 0 Å². The van der Waals surface area contributed by atoms with Crippen LogP contribution in [-0.2, 0) is 0 Å². The van der Waals surface area contributed by atoms with Crippen molar-refractivity contribution in [2.75, 3.05) is 7.11 Å². The van der Waals surface area contributed by atoms with E-state index in [0.29, 0.717) is 28.2 Å². The van der Waals surface area contributed by atoms with Gasteiger partial charge in [-0.15, -0.1) is 0 Å². The Kier molecular flexibility index (Phi) is 2.63. The molecular formula is C13H9F2N3O. The van der Waals surface area contributed by atoms with Crippen molar-refractivity contribution in [3.63, 3.8) is 0 Å². The van der Waals surface area contributed by atoms with Crippen LogP contribution in [0.2, 0.25) is 0 Å². The Balaban J connectivity index is 2.20. The highest BCUT2D eigenvalue weighted by Gasteiger charge is 2.12. The van der Waals surface area contributed by atoms with Crippen LogP contribution in [-0.4, -0.2) is 22.1 Å². The fourth-order valence-electron chi connectivity index (χ4n) is 1.87. The number of methoxy groups -OCH3 is 1. The molecule has 0 amide bonds. The first-order valence-corrected chi connectivity index (χ1v) is 5.52. The highest BCUT2D eigenvalue weighted by molar-refractivity contribution is 5.80. The first-order chi connectivity index (χ1) is 9.19. The van der Waals surface area contributed by atoms with E-state index in [1.165, 1.54) is 7.11 Å². The monoisotopic (exact) mass is 261 g/mol. The lowest BCUT2D eigenvalue weighted by Gasteiger charge is -2.03. The van der Waals surface area contributed by atoms with Crippen LogP contribution in [0.1, 0.15) is 0 Å². The highest BCUT2D eigenvalue weighted by atomic mass is 19.2. The standard InChI is InChI=1S/C13H9F2N3O/c1-19-12-6-16-3-2-7(12)13-17-10-4-8(14)9(15)5-11(10)18-13/h2-6H,1H3,(H,17,18). The molecule has 3 aromatic rings. The largest absolute Gasteiger partial charge is 0.494 e. The summed E-state index contributed by atoms with van der Waals surface area (Å²) in [6, 6.07) is 3.84. The van der Waals surface area contributed by atoms with E-state index < -0.39 is 11.6 Å². The van der Waals surface area contributed by atoms with Gasteiger partial charge in [0.15, 0.2) is 11.6 Å². The number of pyridine rings is 1. The van der Waals surface area contributed by atoms with Crippen molar-refractivity contribution < 1.29 is 13.5 Å². The smallest absolute Gasteiger partial charge is 0.161 e. The lowest BCUT2D eigenvalue weighted by molar-refractivity contribution is 0.414. The average Bonchev–Trinajstić information content (AvgIpc) is 2.82. The Morgan fingerprint density at radius 3 is 2.79 bits per heavy atom. The Morgan fingerprint density at radius 1 is 1.21 bits per heavy atom. The molecule has 0 saturated carbocycles. The van der Waals surface area contributed by atoms with Crippen molar-refractivity contribution >= 4 is 11.0 Å². The van der Waals surface area contributed by atoms with Gasteiger partial charge in [-0.2, -0.15) is 0 Å². The molecule has 0 aliphatic carbocycles. The molecular weight excluding hydrogens is 252 g/mol. The summed E-state index contributed by atoms with van der Waals surface area (Å²) in [5.41, 5.74) is 1.45. The van der Waals surface area contributed by atoms with Crippen molar-refractivity contribution in [2.45, 2.75) is 0 Å². The third kappa shape index (κ3) is 1.91. The molecule has 2 aromatic heterocycles. The van der Waals surface area contributed by atoms with Gasteiger partial charge >= 0.3 is 0 Å². The van der Waals surface area contributed by atoms with Crippen LogP contribution < -0.4 is 4.74 Å². The Hall–Kier alpha value is -2.50. The Bertz CT molecular complexity index is 716. The maximum Gasteiger partial charge on any atom is 0.161 e. The quantitative estimate of drug-likeness (QED) is 0.771. The van der Waals surface area contributed by atoms with Gasteiger partial charge < -0.3 is 9.72 Å². The number of aromatic amines is 1. The topological polar surface area (TPSA) is 50.8 Å². The molecule has 0 aliphatic heterocycles. The van der Waals surface area contributed by atoms with Gasteiger partial charge in [-0.3, -0.25) is 4.98 Å². The molecule has 0 fully saturated rings. The number of halogens is 2. The third-order valence-electron chi connectivity index (χ3n) is 2.78. The average molecular weight is 261 g/mol. The van der Waals surface area contributed by atoms with Crippen LogP contribution in [0.25, 0.3) is 22.4 Å². The van der Waals surface area contributed by atoms with Crippen molar-refractivity contribution in [3.05, 3.63) is 42.2 Å². The van der Waals surface area contributed by atoms with Gasteiger partial charge in [0, 0.05) is 18.3 Å². The molecule has 0 aliphatic rings. The number of hydrogen-bond acceptors (Lipinski definition) is 3. The summed E-state index contributed by atoms with van der Waals surface area (Å²) in [6.07, 6.45) is 3.13. The normalized spacial score (nSPS) is 10.9. The maximum absolute atomic E-state index is 13.1. The van der Waals surface area contributed by atoms with Gasteiger partial charge in [-0.1, -0.05) is 0 Å². The fraction of sp³-hybridized carbons (Fsp3) is 0.0769. The second-order valence-corrected chi connectivity index (χ2v) is 3.94. The predicted molar refractivity (Wildman–Crippen MR) is 65.8 cm³/mol. The zero-order chi connectivity index (χ0) is 13.4. The second-order valence-electron chi connectivity index (χ2n) is 3.94. The zero-order valence-electron chi connectivity index (χ0n) is 9.95. The molecule has 4 nitrogen and oxygen atoms in total. The minimum Gasteiger partial charge on any atom is -0.494 e. The van der Waals surface area contributed by atoms with Crippen LogP contribution in [0, 0.1) is 11.6 Å². The summed E-state index contributed by atoms with van der Waals surface area (Å²) >= 11 is 0. The molecule has 0 unspecified atom stereocenters. The summed E-state index contributed by atoms with van der Waals surface area (Å²) in [6.45, 7) is 0. The minimum atomic E-state index is -0.924. The second kappa shape index (κ2) is 4.31. The first kappa shape index (κ1) is 11.6. The number of imidazole rings is 1. The highest BCUT2D eigenvalue weighted by Crippen LogP contribution is 2.28. The van der Waals surface area contributed by atoms with E-state index in [4.69, 9.17) is 4.74 Å². The van der Waals surface area contributed by atoms with Crippen molar-refractivity contribution in [1.82, 2.24) is 15.0 Å². The van der Waals surface area contributed by atoms with Crippen LogP contribution in [0.5, 0.6) is 5.75 Å². The van der Waals surface area contributed by atoms with E-state index in [1.54, 1.807) is 18.5 Å². The SMILES string of the molecule is COc1cnccc1-c1nc2cc(F)c(F)cc2[nH]1. The number of rotatable bonds is 2. The summed E-state index contributed by atoms with van der Waals surface area (Å²) in [7, 11) is 1.52. The van der Waals surface area contributed by atoms with Gasteiger partial charge in [0.2, 0.25) is 0 Å². The maximum atomic E-state index is 13.1. The molecule has 0 bridgehead atoms. The number of hydrogen-bond donors (Lipinski definition) is 1. The van der Waals surface area contributed by atoms with Gasteiger partial charge in [-0.05, 0) is 6.07 Å². The molecule has 0 radical (unpaired) electrons. The third-order valence-corrected chi connectivity index (χ3v) is 2.78. The molecule has 19 heavy (non-hydrogen) atoms. The summed E-state index contributed by atoms with van der Waals surface area (Å²) in [5.74, 6) is -0.835. The fourth-order valence-corrected chi connectivity index (χ4v) is 1.87. The van der Waals surface area contributed by atoms with Crippen molar-refractivity contribution in [1.29, 1.82) is 0 Å². The molecule has 6 heteroatoms. The van der Waals surface area contributed by atoms with Crippen LogP contribution in [0.4, 0.5) is 8.78 Å². The molecule has 96 valence electrons. The van der Waals surface area contributed by atoms with Gasteiger partial charge in [0.05, 0.1) is 29.9 Å². The molecule has 2 heterocycles. The lowest BCUT2D eigenvalue weighted by atomic mass is 10.2. The van der Waals surface area contributed by atoms with E-state index in [9.17, 15) is 8.78 Å². The predicted octanol–water partition coefficient (Wildman–Crippen LogP) is 2.91. The molecule has 0 atom stereocenters. The number of benzene rings is 1. The summed E-state index contributed by atoms with van der Waals surface area (Å²) in [5, 5.41) is 0. The molecule has 3 rings (SSSR count). The number of nitrogens with one attached hydrogen (secondary N) is 1. The molecule has 1 N–H and O–H groups in total. The zero-order valence-corrected chi connectivity index (χ0v) is 9.95. The molecule has 0 saturated heterocycles. The number of fused-ring (bicyclic) bond motifs is 1. The van der Waals surface area contributed by atoms with E-state index >= 15 is 0 Å². The van der Waals surface area contributed by atoms with Crippen LogP contribution in [0.3, 0.4) is 0 Å². The van der Waals surface area contributed by atoms with Gasteiger partial charge in [-0.25, -0.2) is 13.8 Å². The first-order valence-electron chi connectivity index (χ1n) is 5.52. The van der Waals surface area contributed by atoms with Crippen molar-refractivity contribution in [2.24, 2.45) is 0 Å². The Labute approximate surface area is 107 Å². The van der Waals surface area contributed by atoms with E-state index in [2.05, 4.69) is 15.0 Å². The summed E-state index contributed by atoms with van der Waals surface area (Å²) in [4.78, 5) is 11.1. The van der Waals surface area contributed by atoms with Crippen LogP contribution >= 0.6 is 0 Å². The molecule has 1 aromatic carbocycles. The lowest BCUT2D eigenvalue weighted by Crippen LogP contribution is -1.89. The van der Waals surface area contributed by atoms with Gasteiger partial charge in [0.25, 0.3) is 0 Å². The van der Waals surface area contributed by atoms with Crippen molar-refractivity contribution in [3.8, 4) is 17.1 Å². The summed E-state index contributed by atoms with van der Waals surface area (Å²) < 4.78 is 31.5.